The van der Waals surface area contributed by atoms with Crippen LogP contribution in [0, 0.1) is 0 Å². The maximum atomic E-state index is 5.33. The van der Waals surface area contributed by atoms with Crippen LogP contribution in [-0.2, 0) is 0 Å². The zero-order valence-corrected chi connectivity index (χ0v) is 21.5. The molecule has 0 radical (unpaired) electrons. The van der Waals surface area contributed by atoms with Gasteiger partial charge in [0.2, 0.25) is 0 Å². The Morgan fingerprint density at radius 3 is 2.28 bits per heavy atom. The second kappa shape index (κ2) is 9.23. The van der Waals surface area contributed by atoms with Gasteiger partial charge < -0.3 is 4.57 Å². The third-order valence-corrected chi connectivity index (χ3v) is 7.17. The van der Waals surface area contributed by atoms with Gasteiger partial charge in [-0.15, -0.1) is 0 Å². The molecule has 0 saturated heterocycles. The molecule has 5 heteroatoms. The highest BCUT2D eigenvalue weighted by atomic mass is 15.1. The molecule has 5 nitrogen and oxygen atoms in total. The standard InChI is InChI=1S/C34H25N5/c1-3-4-14-28(35-2)23-17-19-25(20-18-23)39-30-16-10-21-36-32(30)27-22-31-33(37-34(27)39)26-13-8-9-15-29(26)38(31)24-11-6-5-7-12-24/h3-22H,2H2,1H3/b4-3-,28-14-. The van der Waals surface area contributed by atoms with E-state index in [4.69, 9.17) is 9.97 Å². The van der Waals surface area contributed by atoms with Crippen LogP contribution in [-0.4, -0.2) is 25.8 Å². The summed E-state index contributed by atoms with van der Waals surface area (Å²) in [6, 6.07) is 33.6. The van der Waals surface area contributed by atoms with Crippen molar-refractivity contribution < 1.29 is 0 Å². The molecule has 0 fully saturated rings. The minimum atomic E-state index is 0.831. The lowest BCUT2D eigenvalue weighted by Gasteiger charge is -2.09. The second-order valence-electron chi connectivity index (χ2n) is 9.40. The Morgan fingerprint density at radius 1 is 0.744 bits per heavy atom. The van der Waals surface area contributed by atoms with Crippen LogP contribution in [0.2, 0.25) is 0 Å². The van der Waals surface area contributed by atoms with Crippen molar-refractivity contribution in [3.8, 4) is 11.4 Å². The first kappa shape index (κ1) is 22.9. The average molecular weight is 504 g/mol. The van der Waals surface area contributed by atoms with E-state index in [1.165, 1.54) is 0 Å². The molecular formula is C34H25N5. The Balaban J connectivity index is 1.53. The van der Waals surface area contributed by atoms with Crippen molar-refractivity contribution in [2.45, 2.75) is 6.92 Å². The number of hydrogen-bond donors (Lipinski definition) is 0. The van der Waals surface area contributed by atoms with E-state index in [0.29, 0.717) is 0 Å². The molecule has 0 spiro atoms. The van der Waals surface area contributed by atoms with E-state index >= 15 is 0 Å². The highest BCUT2D eigenvalue weighted by molar-refractivity contribution is 6.14. The normalized spacial score (nSPS) is 12.4. The van der Waals surface area contributed by atoms with E-state index in [9.17, 15) is 0 Å². The van der Waals surface area contributed by atoms with Crippen molar-refractivity contribution in [1.29, 1.82) is 0 Å². The van der Waals surface area contributed by atoms with Crippen molar-refractivity contribution in [1.82, 2.24) is 19.1 Å². The number of aliphatic imine (C=N–C) groups is 1. The van der Waals surface area contributed by atoms with Crippen LogP contribution in [0.4, 0.5) is 0 Å². The zero-order chi connectivity index (χ0) is 26.3. The predicted molar refractivity (Wildman–Crippen MR) is 163 cm³/mol. The minimum absolute atomic E-state index is 0.831. The number of pyridine rings is 2. The van der Waals surface area contributed by atoms with Crippen LogP contribution in [0.25, 0.3) is 61.1 Å². The summed E-state index contributed by atoms with van der Waals surface area (Å²) in [5.74, 6) is 0. The highest BCUT2D eigenvalue weighted by Gasteiger charge is 2.20. The van der Waals surface area contributed by atoms with Gasteiger partial charge in [-0.05, 0) is 68.2 Å². The summed E-state index contributed by atoms with van der Waals surface area (Å²) in [6.45, 7) is 5.73. The van der Waals surface area contributed by atoms with Gasteiger partial charge in [-0.1, -0.05) is 60.7 Å². The summed E-state index contributed by atoms with van der Waals surface area (Å²) in [5, 5.41) is 2.14. The van der Waals surface area contributed by atoms with Crippen molar-refractivity contribution >= 4 is 56.4 Å². The van der Waals surface area contributed by atoms with Crippen LogP contribution in [0.1, 0.15) is 12.5 Å². The Morgan fingerprint density at radius 2 is 1.49 bits per heavy atom. The Labute approximate surface area is 225 Å². The first-order valence-electron chi connectivity index (χ1n) is 12.9. The van der Waals surface area contributed by atoms with E-state index in [2.05, 4.69) is 106 Å². The molecule has 0 unspecified atom stereocenters. The van der Waals surface area contributed by atoms with Crippen LogP contribution in [0.5, 0.6) is 0 Å². The number of hydrogen-bond acceptors (Lipinski definition) is 3. The number of benzene rings is 3. The van der Waals surface area contributed by atoms with Gasteiger partial charge in [0.1, 0.15) is 5.65 Å². The molecule has 0 atom stereocenters. The minimum Gasteiger partial charge on any atom is -0.308 e. The van der Waals surface area contributed by atoms with Crippen LogP contribution in [0.3, 0.4) is 0 Å². The number of nitrogens with zero attached hydrogens (tertiary/aromatic N) is 5. The SMILES string of the molecule is C=N/C(=C\C=C/C)c1ccc(-n2c3cccnc3c3cc4c(nc32)c2ccccc2n4-c2ccccc2)cc1. The predicted octanol–water partition coefficient (Wildman–Crippen LogP) is 8.29. The van der Waals surface area contributed by atoms with Gasteiger partial charge in [-0.2, -0.15) is 0 Å². The van der Waals surface area contributed by atoms with Gasteiger partial charge in [0, 0.05) is 33.9 Å². The summed E-state index contributed by atoms with van der Waals surface area (Å²) >= 11 is 0. The lowest BCUT2D eigenvalue weighted by Crippen LogP contribution is -1.97. The largest absolute Gasteiger partial charge is 0.308 e. The molecule has 0 aliphatic heterocycles. The molecule has 0 saturated carbocycles. The second-order valence-corrected chi connectivity index (χ2v) is 9.40. The lowest BCUT2D eigenvalue weighted by atomic mass is 10.1. The fourth-order valence-electron chi connectivity index (χ4n) is 5.43. The molecule has 4 aromatic heterocycles. The van der Waals surface area contributed by atoms with E-state index in [1.807, 2.05) is 43.5 Å². The zero-order valence-electron chi connectivity index (χ0n) is 21.5. The van der Waals surface area contributed by atoms with Gasteiger partial charge in [0.15, 0.2) is 0 Å². The summed E-state index contributed by atoms with van der Waals surface area (Å²) in [6.07, 6.45) is 7.76. The molecular weight excluding hydrogens is 478 g/mol. The van der Waals surface area contributed by atoms with E-state index in [1.54, 1.807) is 0 Å². The first-order valence-corrected chi connectivity index (χ1v) is 12.9. The van der Waals surface area contributed by atoms with E-state index in [0.717, 1.165) is 66.6 Å². The monoisotopic (exact) mass is 503 g/mol. The quantitative estimate of drug-likeness (QED) is 0.175. The summed E-state index contributed by atoms with van der Waals surface area (Å²) < 4.78 is 4.49. The summed E-state index contributed by atoms with van der Waals surface area (Å²) in [7, 11) is 0. The molecule has 7 rings (SSSR count). The number of fused-ring (bicyclic) bond motifs is 6. The van der Waals surface area contributed by atoms with Crippen molar-refractivity contribution in [2.24, 2.45) is 4.99 Å². The fourth-order valence-corrected chi connectivity index (χ4v) is 5.43. The Bertz CT molecular complexity index is 2070. The number of rotatable bonds is 5. The van der Waals surface area contributed by atoms with E-state index < -0.39 is 0 Å². The smallest absolute Gasteiger partial charge is 0.148 e. The first-order chi connectivity index (χ1) is 19.3. The molecule has 0 amide bonds. The molecule has 186 valence electrons. The molecule has 0 aliphatic rings. The van der Waals surface area contributed by atoms with Crippen molar-refractivity contribution in [3.63, 3.8) is 0 Å². The summed E-state index contributed by atoms with van der Waals surface area (Å²) in [5.41, 5.74) is 9.94. The average Bonchev–Trinajstić information content (AvgIpc) is 3.49. The molecule has 3 aromatic carbocycles. The highest BCUT2D eigenvalue weighted by Crippen LogP contribution is 2.37. The van der Waals surface area contributed by atoms with Crippen LogP contribution in [0.15, 0.2) is 126 Å². The maximum Gasteiger partial charge on any atom is 0.148 e. The van der Waals surface area contributed by atoms with Gasteiger partial charge in [-0.25, -0.2) is 4.98 Å². The molecule has 0 aliphatic carbocycles. The molecule has 39 heavy (non-hydrogen) atoms. The Hall–Kier alpha value is -5.29. The van der Waals surface area contributed by atoms with Gasteiger partial charge >= 0.3 is 0 Å². The Kier molecular flexibility index (Phi) is 5.41. The third-order valence-electron chi connectivity index (χ3n) is 7.17. The number of para-hydroxylation sites is 2. The maximum absolute atomic E-state index is 5.33. The van der Waals surface area contributed by atoms with Gasteiger partial charge in [0.05, 0.1) is 33.3 Å². The molecule has 4 heterocycles. The topological polar surface area (TPSA) is 48.0 Å². The van der Waals surface area contributed by atoms with Gasteiger partial charge in [-0.3, -0.25) is 14.5 Å². The fraction of sp³-hybridized carbons (Fsp3) is 0.0294. The molecule has 0 bridgehead atoms. The molecule has 0 N–H and O–H groups in total. The van der Waals surface area contributed by atoms with Crippen LogP contribution < -0.4 is 0 Å². The third kappa shape index (κ3) is 3.59. The van der Waals surface area contributed by atoms with Crippen molar-refractivity contribution in [3.05, 3.63) is 127 Å². The van der Waals surface area contributed by atoms with Crippen molar-refractivity contribution in [2.75, 3.05) is 0 Å². The molecule has 7 aromatic rings. The number of allylic oxidation sites excluding steroid dienone is 3. The van der Waals surface area contributed by atoms with Gasteiger partial charge in [0.25, 0.3) is 0 Å². The number of aromatic nitrogens is 4. The lowest BCUT2D eigenvalue weighted by molar-refractivity contribution is 1.14. The van der Waals surface area contributed by atoms with Crippen LogP contribution >= 0.6 is 0 Å². The van der Waals surface area contributed by atoms with E-state index in [-0.39, 0.29) is 0 Å². The summed E-state index contributed by atoms with van der Waals surface area (Å²) in [4.78, 5) is 14.3.